The molecular formula is C17H21N5O4S2. The Morgan fingerprint density at radius 2 is 2.21 bits per heavy atom. The van der Waals surface area contributed by atoms with Gasteiger partial charge in [0.15, 0.2) is 5.16 Å². The monoisotopic (exact) mass is 423 g/mol. The van der Waals surface area contributed by atoms with E-state index in [0.29, 0.717) is 28.6 Å². The summed E-state index contributed by atoms with van der Waals surface area (Å²) in [6.45, 7) is 3.80. The van der Waals surface area contributed by atoms with Crippen molar-refractivity contribution in [3.63, 3.8) is 0 Å². The van der Waals surface area contributed by atoms with Crippen LogP contribution in [0.5, 0.6) is 0 Å². The van der Waals surface area contributed by atoms with Gasteiger partial charge in [-0.05, 0) is 13.3 Å². The fourth-order valence-corrected chi connectivity index (χ4v) is 4.65. The van der Waals surface area contributed by atoms with E-state index >= 15 is 0 Å². The molecule has 1 aliphatic rings. The number of nitrogens with zero attached hydrogens (tertiary/aromatic N) is 3. The minimum absolute atomic E-state index is 0.149. The lowest BCUT2D eigenvalue weighted by Gasteiger charge is -2.15. The third kappa shape index (κ3) is 4.25. The van der Waals surface area contributed by atoms with Gasteiger partial charge in [-0.3, -0.25) is 14.3 Å². The first-order valence-corrected chi connectivity index (χ1v) is 10.8. The standard InChI is InChI=1S/C17H21N5O4S2/c1-4-12(28-17-19-11-8-27-7-10(11)14(23)21-17)15(24)20-13-9(6-18-22(13)3)16(25)26-5-2/h6,12H,4-5,7-8H2,1-3H3,(H,20,24)(H,19,21,23). The van der Waals surface area contributed by atoms with Crippen molar-refractivity contribution >= 4 is 41.2 Å². The molecule has 2 aromatic rings. The minimum atomic E-state index is -0.547. The van der Waals surface area contributed by atoms with Crippen LogP contribution in [0.2, 0.25) is 0 Å². The second kappa shape index (κ2) is 8.82. The molecule has 9 nitrogen and oxygen atoms in total. The molecule has 3 rings (SSSR count). The van der Waals surface area contributed by atoms with Crippen LogP contribution < -0.4 is 10.9 Å². The van der Waals surface area contributed by atoms with Gasteiger partial charge < -0.3 is 15.0 Å². The molecule has 0 aromatic carbocycles. The molecule has 28 heavy (non-hydrogen) atoms. The molecule has 1 aliphatic heterocycles. The van der Waals surface area contributed by atoms with Gasteiger partial charge in [-0.15, -0.1) is 0 Å². The number of esters is 1. The fourth-order valence-electron chi connectivity index (χ4n) is 2.69. The molecular weight excluding hydrogens is 402 g/mol. The summed E-state index contributed by atoms with van der Waals surface area (Å²) in [6.07, 6.45) is 1.87. The minimum Gasteiger partial charge on any atom is -0.462 e. The molecule has 1 amide bonds. The number of anilines is 1. The maximum absolute atomic E-state index is 12.8. The van der Waals surface area contributed by atoms with Crippen molar-refractivity contribution in [3.8, 4) is 0 Å². The molecule has 2 N–H and O–H groups in total. The molecule has 0 bridgehead atoms. The van der Waals surface area contributed by atoms with Crippen LogP contribution in [0.1, 0.15) is 41.9 Å². The first kappa shape index (κ1) is 20.5. The molecule has 3 heterocycles. The molecule has 0 saturated carbocycles. The smallest absolute Gasteiger partial charge is 0.343 e. The number of H-pyrrole nitrogens is 1. The molecule has 0 aliphatic carbocycles. The summed E-state index contributed by atoms with van der Waals surface area (Å²) >= 11 is 2.84. The summed E-state index contributed by atoms with van der Waals surface area (Å²) in [6, 6.07) is 0. The average molecular weight is 424 g/mol. The van der Waals surface area contributed by atoms with E-state index in [1.807, 2.05) is 6.92 Å². The number of aromatic nitrogens is 4. The van der Waals surface area contributed by atoms with Gasteiger partial charge in [0, 0.05) is 24.1 Å². The number of hydrogen-bond donors (Lipinski definition) is 2. The number of carbonyl (C=O) groups excluding carboxylic acids is 2. The summed E-state index contributed by atoms with van der Waals surface area (Å²) in [5, 5.41) is 6.70. The van der Waals surface area contributed by atoms with Crippen molar-refractivity contribution in [3.05, 3.63) is 33.4 Å². The van der Waals surface area contributed by atoms with Gasteiger partial charge in [0.05, 0.1) is 23.7 Å². The van der Waals surface area contributed by atoms with E-state index in [9.17, 15) is 14.4 Å². The quantitative estimate of drug-likeness (QED) is 0.394. The molecule has 1 atom stereocenters. The molecule has 150 valence electrons. The zero-order valence-electron chi connectivity index (χ0n) is 15.8. The highest BCUT2D eigenvalue weighted by molar-refractivity contribution is 8.00. The molecule has 0 radical (unpaired) electrons. The van der Waals surface area contributed by atoms with Crippen LogP contribution in [0.15, 0.2) is 16.1 Å². The Morgan fingerprint density at radius 3 is 2.93 bits per heavy atom. The predicted molar refractivity (Wildman–Crippen MR) is 108 cm³/mol. The Labute approximate surface area is 170 Å². The van der Waals surface area contributed by atoms with E-state index in [-0.39, 0.29) is 29.5 Å². The number of hydrogen-bond acceptors (Lipinski definition) is 8. The third-order valence-corrected chi connectivity index (χ3v) is 6.38. The van der Waals surface area contributed by atoms with Crippen LogP contribution in [0.3, 0.4) is 0 Å². The number of nitrogens with one attached hydrogen (secondary N) is 2. The first-order chi connectivity index (χ1) is 13.4. The van der Waals surface area contributed by atoms with E-state index in [1.165, 1.54) is 22.6 Å². The lowest BCUT2D eigenvalue weighted by molar-refractivity contribution is -0.115. The van der Waals surface area contributed by atoms with E-state index < -0.39 is 11.2 Å². The van der Waals surface area contributed by atoms with Gasteiger partial charge in [0.2, 0.25) is 5.91 Å². The molecule has 2 aromatic heterocycles. The van der Waals surface area contributed by atoms with Crippen LogP contribution in [-0.4, -0.2) is 43.5 Å². The van der Waals surface area contributed by atoms with Gasteiger partial charge in [-0.25, -0.2) is 9.78 Å². The highest BCUT2D eigenvalue weighted by Crippen LogP contribution is 2.29. The van der Waals surface area contributed by atoms with Gasteiger partial charge in [-0.1, -0.05) is 18.7 Å². The number of fused-ring (bicyclic) bond motifs is 1. The SMILES string of the molecule is CCOC(=O)c1cnn(C)c1NC(=O)C(CC)Sc1nc2c(c(=O)[nH]1)CSC2. The topological polar surface area (TPSA) is 119 Å². The maximum Gasteiger partial charge on any atom is 0.343 e. The van der Waals surface area contributed by atoms with E-state index in [2.05, 4.69) is 20.4 Å². The predicted octanol–water partition coefficient (Wildman–Crippen LogP) is 1.94. The van der Waals surface area contributed by atoms with E-state index in [0.717, 1.165) is 5.69 Å². The fraction of sp³-hybridized carbons (Fsp3) is 0.471. The summed E-state index contributed by atoms with van der Waals surface area (Å²) in [4.78, 5) is 44.3. The van der Waals surface area contributed by atoms with Crippen LogP contribution in [-0.2, 0) is 28.1 Å². The van der Waals surface area contributed by atoms with Crippen molar-refractivity contribution < 1.29 is 14.3 Å². The number of carbonyl (C=O) groups is 2. The average Bonchev–Trinajstić information content (AvgIpc) is 3.27. The Bertz CT molecular complexity index is 956. The second-order valence-electron chi connectivity index (χ2n) is 6.04. The number of rotatable bonds is 7. The second-order valence-corrected chi connectivity index (χ2v) is 8.22. The lowest BCUT2D eigenvalue weighted by Crippen LogP contribution is -2.27. The summed E-state index contributed by atoms with van der Waals surface area (Å²) in [5.41, 5.74) is 1.53. The zero-order chi connectivity index (χ0) is 20.3. The summed E-state index contributed by atoms with van der Waals surface area (Å²) in [7, 11) is 1.63. The highest BCUT2D eigenvalue weighted by atomic mass is 32.2. The molecule has 0 spiro atoms. The number of thioether (sulfide) groups is 2. The maximum atomic E-state index is 12.8. The highest BCUT2D eigenvalue weighted by Gasteiger charge is 2.25. The van der Waals surface area contributed by atoms with Gasteiger partial charge >= 0.3 is 5.97 Å². The van der Waals surface area contributed by atoms with Crippen molar-refractivity contribution in [1.29, 1.82) is 0 Å². The van der Waals surface area contributed by atoms with Crippen LogP contribution in [0.25, 0.3) is 0 Å². The van der Waals surface area contributed by atoms with Crippen LogP contribution >= 0.6 is 23.5 Å². The molecule has 0 fully saturated rings. The van der Waals surface area contributed by atoms with Crippen LogP contribution in [0.4, 0.5) is 5.82 Å². The normalized spacial score (nSPS) is 13.8. The first-order valence-electron chi connectivity index (χ1n) is 8.81. The van der Waals surface area contributed by atoms with Crippen molar-refractivity contribution in [2.75, 3.05) is 11.9 Å². The summed E-state index contributed by atoms with van der Waals surface area (Å²) in [5.74, 6) is 0.785. The zero-order valence-corrected chi connectivity index (χ0v) is 17.4. The molecule has 1 unspecified atom stereocenters. The number of aromatic amines is 1. The van der Waals surface area contributed by atoms with Gasteiger partial charge in [-0.2, -0.15) is 16.9 Å². The number of amides is 1. The van der Waals surface area contributed by atoms with Crippen molar-refractivity contribution in [1.82, 2.24) is 19.7 Å². The number of aryl methyl sites for hydroxylation is 1. The third-order valence-electron chi connectivity index (χ3n) is 4.16. The Hall–Kier alpha value is -2.27. The van der Waals surface area contributed by atoms with Crippen molar-refractivity contribution in [2.24, 2.45) is 7.05 Å². The van der Waals surface area contributed by atoms with Crippen LogP contribution in [0, 0.1) is 0 Å². The molecule has 11 heteroatoms. The summed E-state index contributed by atoms with van der Waals surface area (Å²) < 4.78 is 6.41. The largest absolute Gasteiger partial charge is 0.462 e. The van der Waals surface area contributed by atoms with Gasteiger partial charge in [0.1, 0.15) is 11.4 Å². The lowest BCUT2D eigenvalue weighted by atomic mass is 10.3. The van der Waals surface area contributed by atoms with Gasteiger partial charge in [0.25, 0.3) is 5.56 Å². The van der Waals surface area contributed by atoms with E-state index in [1.54, 1.807) is 25.7 Å². The Morgan fingerprint density at radius 1 is 1.43 bits per heavy atom. The number of ether oxygens (including phenoxy) is 1. The van der Waals surface area contributed by atoms with E-state index in [4.69, 9.17) is 4.74 Å². The molecule has 0 saturated heterocycles. The Balaban J connectivity index is 1.77. The Kier molecular flexibility index (Phi) is 6.45. The van der Waals surface area contributed by atoms with Crippen molar-refractivity contribution in [2.45, 2.75) is 42.2 Å².